The Bertz CT molecular complexity index is 474. The quantitative estimate of drug-likeness (QED) is 0.881. The summed E-state index contributed by atoms with van der Waals surface area (Å²) in [6.45, 7) is 2.30. The summed E-state index contributed by atoms with van der Waals surface area (Å²) in [6.07, 6.45) is 9.90. The van der Waals surface area contributed by atoms with E-state index in [0.717, 1.165) is 31.6 Å². The van der Waals surface area contributed by atoms with Gasteiger partial charge in [-0.2, -0.15) is 0 Å². The fourth-order valence-electron chi connectivity index (χ4n) is 3.51. The Kier molecular flexibility index (Phi) is 5.20. The van der Waals surface area contributed by atoms with Gasteiger partial charge in [0.1, 0.15) is 0 Å². The first kappa shape index (κ1) is 15.2. The summed E-state index contributed by atoms with van der Waals surface area (Å²) in [5.41, 5.74) is 2.13. The Morgan fingerprint density at radius 1 is 0.909 bits per heavy atom. The molecule has 120 valence electrons. The molecule has 1 aliphatic heterocycles. The van der Waals surface area contributed by atoms with Gasteiger partial charge in [-0.1, -0.05) is 19.3 Å². The van der Waals surface area contributed by atoms with Crippen LogP contribution in [0.2, 0.25) is 0 Å². The lowest BCUT2D eigenvalue weighted by Crippen LogP contribution is -2.39. The third-order valence-electron chi connectivity index (χ3n) is 4.79. The molecule has 3 rings (SSSR count). The van der Waals surface area contributed by atoms with Crippen LogP contribution in [0.4, 0.5) is 16.2 Å². The Morgan fingerprint density at radius 2 is 1.55 bits per heavy atom. The van der Waals surface area contributed by atoms with E-state index in [0.29, 0.717) is 6.04 Å². The third kappa shape index (κ3) is 4.15. The van der Waals surface area contributed by atoms with Gasteiger partial charge in [0.05, 0.1) is 0 Å². The molecule has 2 fully saturated rings. The second-order valence-electron chi connectivity index (χ2n) is 6.53. The van der Waals surface area contributed by atoms with Crippen molar-refractivity contribution in [1.29, 1.82) is 0 Å². The third-order valence-corrected chi connectivity index (χ3v) is 4.79. The molecular formula is C18H27N3O. The molecule has 4 nitrogen and oxygen atoms in total. The summed E-state index contributed by atoms with van der Waals surface area (Å²) in [5.74, 6) is 0. The first-order valence-corrected chi connectivity index (χ1v) is 8.74. The Balaban J connectivity index is 1.50. The van der Waals surface area contributed by atoms with Crippen LogP contribution in [0, 0.1) is 0 Å². The zero-order valence-electron chi connectivity index (χ0n) is 13.3. The van der Waals surface area contributed by atoms with Crippen LogP contribution >= 0.6 is 0 Å². The van der Waals surface area contributed by atoms with E-state index in [1.165, 1.54) is 44.2 Å². The molecule has 1 aromatic carbocycles. The van der Waals surface area contributed by atoms with Gasteiger partial charge >= 0.3 is 6.03 Å². The zero-order valence-corrected chi connectivity index (χ0v) is 13.3. The number of piperidine rings is 1. The summed E-state index contributed by atoms with van der Waals surface area (Å²) in [5, 5.41) is 6.04. The normalized spacial score (nSPS) is 19.7. The molecule has 0 atom stereocenters. The molecule has 22 heavy (non-hydrogen) atoms. The van der Waals surface area contributed by atoms with Crippen LogP contribution in [0.15, 0.2) is 24.3 Å². The van der Waals surface area contributed by atoms with Crippen molar-refractivity contribution >= 4 is 17.4 Å². The summed E-state index contributed by atoms with van der Waals surface area (Å²) < 4.78 is 0. The fraction of sp³-hybridized carbons (Fsp3) is 0.611. The Hall–Kier alpha value is -1.71. The van der Waals surface area contributed by atoms with Crippen molar-refractivity contribution in [2.45, 2.75) is 57.4 Å². The van der Waals surface area contributed by atoms with Crippen molar-refractivity contribution in [3.8, 4) is 0 Å². The SMILES string of the molecule is O=C(Nc1ccc(N2CCCCC2)cc1)NC1CCCCC1. The lowest BCUT2D eigenvalue weighted by Gasteiger charge is -2.29. The van der Waals surface area contributed by atoms with Crippen LogP contribution in [0.25, 0.3) is 0 Å². The highest BCUT2D eigenvalue weighted by molar-refractivity contribution is 5.89. The average Bonchev–Trinajstić information content (AvgIpc) is 2.57. The maximum absolute atomic E-state index is 12.0. The number of nitrogens with one attached hydrogen (secondary N) is 2. The van der Waals surface area contributed by atoms with Gasteiger partial charge in [-0.15, -0.1) is 0 Å². The van der Waals surface area contributed by atoms with Gasteiger partial charge in [-0.3, -0.25) is 0 Å². The molecule has 0 aromatic heterocycles. The fourth-order valence-corrected chi connectivity index (χ4v) is 3.51. The minimum atomic E-state index is -0.0716. The highest BCUT2D eigenvalue weighted by atomic mass is 16.2. The van der Waals surface area contributed by atoms with Gasteiger partial charge < -0.3 is 15.5 Å². The van der Waals surface area contributed by atoms with E-state index in [1.54, 1.807) is 0 Å². The van der Waals surface area contributed by atoms with Crippen LogP contribution in [0.3, 0.4) is 0 Å². The summed E-state index contributed by atoms with van der Waals surface area (Å²) in [7, 11) is 0. The van der Waals surface area contributed by atoms with E-state index >= 15 is 0 Å². The molecule has 1 heterocycles. The number of urea groups is 1. The average molecular weight is 301 g/mol. The van der Waals surface area contributed by atoms with Crippen LogP contribution < -0.4 is 15.5 Å². The van der Waals surface area contributed by atoms with E-state index in [9.17, 15) is 4.79 Å². The highest BCUT2D eigenvalue weighted by Crippen LogP contribution is 2.22. The van der Waals surface area contributed by atoms with Crippen LogP contribution in [0.5, 0.6) is 0 Å². The molecule has 0 radical (unpaired) electrons. The van der Waals surface area contributed by atoms with E-state index < -0.39 is 0 Å². The van der Waals surface area contributed by atoms with Crippen LogP contribution in [0.1, 0.15) is 51.4 Å². The van der Waals surface area contributed by atoms with Crippen molar-refractivity contribution in [3.63, 3.8) is 0 Å². The van der Waals surface area contributed by atoms with Gasteiger partial charge in [0.25, 0.3) is 0 Å². The van der Waals surface area contributed by atoms with Gasteiger partial charge in [0.15, 0.2) is 0 Å². The summed E-state index contributed by atoms with van der Waals surface area (Å²) >= 11 is 0. The maximum atomic E-state index is 12.0. The predicted molar refractivity (Wildman–Crippen MR) is 91.5 cm³/mol. The van der Waals surface area contributed by atoms with E-state index in [1.807, 2.05) is 12.1 Å². The number of nitrogens with zero attached hydrogens (tertiary/aromatic N) is 1. The molecule has 4 heteroatoms. The van der Waals surface area contributed by atoms with Gasteiger partial charge in [-0.25, -0.2) is 4.79 Å². The molecule has 1 aliphatic carbocycles. The minimum Gasteiger partial charge on any atom is -0.372 e. The van der Waals surface area contributed by atoms with E-state index in [4.69, 9.17) is 0 Å². The number of anilines is 2. The van der Waals surface area contributed by atoms with Gasteiger partial charge in [-0.05, 0) is 56.4 Å². The molecule has 2 amide bonds. The number of carbonyl (C=O) groups is 1. The topological polar surface area (TPSA) is 44.4 Å². The van der Waals surface area contributed by atoms with Crippen molar-refractivity contribution in [2.75, 3.05) is 23.3 Å². The molecule has 2 N–H and O–H groups in total. The Morgan fingerprint density at radius 3 is 2.23 bits per heavy atom. The van der Waals surface area contributed by atoms with E-state index in [-0.39, 0.29) is 6.03 Å². The number of rotatable bonds is 3. The number of amides is 2. The molecule has 1 aromatic rings. The first-order chi connectivity index (χ1) is 10.8. The predicted octanol–water partition coefficient (Wildman–Crippen LogP) is 4.13. The molecule has 0 unspecified atom stereocenters. The van der Waals surface area contributed by atoms with Crippen LogP contribution in [-0.4, -0.2) is 25.2 Å². The minimum absolute atomic E-state index is 0.0716. The highest BCUT2D eigenvalue weighted by Gasteiger charge is 2.16. The molecule has 0 spiro atoms. The molecule has 0 bridgehead atoms. The lowest BCUT2D eigenvalue weighted by atomic mass is 9.96. The largest absolute Gasteiger partial charge is 0.372 e. The standard InChI is InChI=1S/C18H27N3O/c22-18(19-15-7-3-1-4-8-15)20-16-9-11-17(12-10-16)21-13-5-2-6-14-21/h9-12,15H,1-8,13-14H2,(H2,19,20,22). The maximum Gasteiger partial charge on any atom is 0.319 e. The van der Waals surface area contributed by atoms with Gasteiger partial charge in [0, 0.05) is 30.5 Å². The number of carbonyl (C=O) groups excluding carboxylic acids is 1. The first-order valence-electron chi connectivity index (χ1n) is 8.74. The molecule has 1 saturated heterocycles. The molecular weight excluding hydrogens is 274 g/mol. The summed E-state index contributed by atoms with van der Waals surface area (Å²) in [6, 6.07) is 8.51. The zero-order chi connectivity index (χ0) is 15.2. The monoisotopic (exact) mass is 301 g/mol. The number of hydrogen-bond donors (Lipinski definition) is 2. The molecule has 2 aliphatic rings. The van der Waals surface area contributed by atoms with Crippen LogP contribution in [-0.2, 0) is 0 Å². The lowest BCUT2D eigenvalue weighted by molar-refractivity contribution is 0.244. The van der Waals surface area contributed by atoms with Crippen molar-refractivity contribution < 1.29 is 4.79 Å². The number of hydrogen-bond acceptors (Lipinski definition) is 2. The van der Waals surface area contributed by atoms with E-state index in [2.05, 4.69) is 27.7 Å². The number of benzene rings is 1. The van der Waals surface area contributed by atoms with Crippen molar-refractivity contribution in [1.82, 2.24) is 5.32 Å². The Labute approximate surface area is 133 Å². The van der Waals surface area contributed by atoms with Crippen molar-refractivity contribution in [3.05, 3.63) is 24.3 Å². The molecule has 1 saturated carbocycles. The second-order valence-corrected chi connectivity index (χ2v) is 6.53. The smallest absolute Gasteiger partial charge is 0.319 e. The summed E-state index contributed by atoms with van der Waals surface area (Å²) in [4.78, 5) is 14.5. The second kappa shape index (κ2) is 7.52. The van der Waals surface area contributed by atoms with Gasteiger partial charge in [0.2, 0.25) is 0 Å². The van der Waals surface area contributed by atoms with Crippen molar-refractivity contribution in [2.24, 2.45) is 0 Å².